The quantitative estimate of drug-likeness (QED) is 0.507. The molecule has 0 saturated carbocycles. The Labute approximate surface area is 84.4 Å². The summed E-state index contributed by atoms with van der Waals surface area (Å²) in [6.45, 7) is 4.25. The predicted molar refractivity (Wildman–Crippen MR) is 53.8 cm³/mol. The molecule has 3 heteroatoms. The Bertz CT molecular complexity index is 268. The molecule has 1 aliphatic rings. The third kappa shape index (κ3) is 2.30. The highest BCUT2D eigenvalue weighted by atomic mass is 16.7. The van der Waals surface area contributed by atoms with Gasteiger partial charge in [0.25, 0.3) is 0 Å². The maximum Gasteiger partial charge on any atom is 0.149 e. The van der Waals surface area contributed by atoms with Crippen molar-refractivity contribution in [1.29, 1.82) is 0 Å². The molecule has 0 fully saturated rings. The van der Waals surface area contributed by atoms with E-state index >= 15 is 0 Å². The van der Waals surface area contributed by atoms with E-state index in [1.165, 1.54) is 0 Å². The van der Waals surface area contributed by atoms with Gasteiger partial charge in [0, 0.05) is 18.6 Å². The van der Waals surface area contributed by atoms with Gasteiger partial charge in [-0.25, -0.2) is 0 Å². The van der Waals surface area contributed by atoms with Gasteiger partial charge >= 0.3 is 0 Å². The van der Waals surface area contributed by atoms with Gasteiger partial charge in [0.2, 0.25) is 0 Å². The highest BCUT2D eigenvalue weighted by Gasteiger charge is 2.30. The number of carbonyl (C=O) groups excluding carboxylic acids is 1. The number of ether oxygens (including phenoxy) is 2. The smallest absolute Gasteiger partial charge is 0.149 e. The summed E-state index contributed by atoms with van der Waals surface area (Å²) in [5.41, 5.74) is 0.332. The first-order valence-electron chi connectivity index (χ1n) is 4.61. The van der Waals surface area contributed by atoms with Gasteiger partial charge in [-0.1, -0.05) is 25.2 Å². The van der Waals surface area contributed by atoms with Crippen LogP contribution < -0.4 is 0 Å². The van der Waals surface area contributed by atoms with Gasteiger partial charge in [-0.2, -0.15) is 0 Å². The van der Waals surface area contributed by atoms with E-state index in [1.807, 2.05) is 26.0 Å². The van der Waals surface area contributed by atoms with Crippen LogP contribution in [0.25, 0.3) is 0 Å². The molecule has 1 rings (SSSR count). The fraction of sp³-hybridized carbons (Fsp3) is 0.545. The van der Waals surface area contributed by atoms with Gasteiger partial charge in [0.1, 0.15) is 13.1 Å². The normalized spacial score (nSPS) is 31.4. The standard InChI is InChI=1S/C11H16O3/c1-9-6-10(7-12)4-5-11(9,2)14-8-13-3/h4-7,9H,8H2,1-3H3. The SMILES string of the molecule is COCOC1(C)C=CC(C=O)=CC1C. The van der Waals surface area contributed by atoms with Gasteiger partial charge in [-0.15, -0.1) is 0 Å². The first-order chi connectivity index (χ1) is 6.62. The molecule has 0 spiro atoms. The average Bonchev–Trinajstić information content (AvgIpc) is 2.19. The van der Waals surface area contributed by atoms with Crippen LogP contribution in [-0.4, -0.2) is 25.8 Å². The van der Waals surface area contributed by atoms with E-state index in [-0.39, 0.29) is 18.3 Å². The lowest BCUT2D eigenvalue weighted by Crippen LogP contribution is -2.35. The predicted octanol–water partition coefficient (Wildman–Crippen LogP) is 1.70. The van der Waals surface area contributed by atoms with Crippen LogP contribution in [-0.2, 0) is 14.3 Å². The highest BCUT2D eigenvalue weighted by Crippen LogP contribution is 2.29. The number of hydrogen-bond donors (Lipinski definition) is 0. The summed E-state index contributed by atoms with van der Waals surface area (Å²) in [6, 6.07) is 0. The lowest BCUT2D eigenvalue weighted by atomic mass is 9.84. The van der Waals surface area contributed by atoms with Crippen molar-refractivity contribution >= 4 is 6.29 Å². The Hall–Kier alpha value is -0.930. The fourth-order valence-electron chi connectivity index (χ4n) is 1.37. The lowest BCUT2D eigenvalue weighted by molar-refractivity contribution is -0.115. The third-order valence-electron chi connectivity index (χ3n) is 2.58. The molecule has 2 unspecified atom stereocenters. The van der Waals surface area contributed by atoms with Crippen molar-refractivity contribution in [3.05, 3.63) is 23.8 Å². The van der Waals surface area contributed by atoms with Crippen molar-refractivity contribution in [1.82, 2.24) is 0 Å². The van der Waals surface area contributed by atoms with E-state index in [2.05, 4.69) is 0 Å². The van der Waals surface area contributed by atoms with Crippen molar-refractivity contribution < 1.29 is 14.3 Å². The summed E-state index contributed by atoms with van der Waals surface area (Å²) >= 11 is 0. The molecule has 3 nitrogen and oxygen atoms in total. The van der Waals surface area contributed by atoms with Crippen molar-refractivity contribution in [2.24, 2.45) is 5.92 Å². The van der Waals surface area contributed by atoms with Crippen LogP contribution in [0, 0.1) is 5.92 Å². The fourth-order valence-corrected chi connectivity index (χ4v) is 1.37. The Morgan fingerprint density at radius 3 is 2.86 bits per heavy atom. The zero-order valence-corrected chi connectivity index (χ0v) is 8.82. The van der Waals surface area contributed by atoms with E-state index in [9.17, 15) is 4.79 Å². The number of aldehydes is 1. The molecule has 0 amide bonds. The molecule has 0 aromatic rings. The molecule has 0 heterocycles. The molecule has 2 atom stereocenters. The molecule has 78 valence electrons. The summed E-state index contributed by atoms with van der Waals surface area (Å²) in [5, 5.41) is 0. The Balaban J connectivity index is 2.71. The molecule has 0 aromatic heterocycles. The first-order valence-corrected chi connectivity index (χ1v) is 4.61. The minimum atomic E-state index is -0.372. The molecule has 0 aliphatic heterocycles. The monoisotopic (exact) mass is 196 g/mol. The number of carbonyl (C=O) groups is 1. The van der Waals surface area contributed by atoms with Gasteiger partial charge in [-0.05, 0) is 6.92 Å². The van der Waals surface area contributed by atoms with Crippen LogP contribution >= 0.6 is 0 Å². The summed E-state index contributed by atoms with van der Waals surface area (Å²) in [4.78, 5) is 10.5. The minimum Gasteiger partial charge on any atom is -0.359 e. The summed E-state index contributed by atoms with van der Waals surface area (Å²) in [6.07, 6.45) is 6.44. The molecule has 0 radical (unpaired) electrons. The second-order valence-electron chi connectivity index (χ2n) is 3.64. The number of hydrogen-bond acceptors (Lipinski definition) is 3. The number of rotatable bonds is 4. The molecule has 0 aromatic carbocycles. The first kappa shape index (κ1) is 11.1. The third-order valence-corrected chi connectivity index (χ3v) is 2.58. The highest BCUT2D eigenvalue weighted by molar-refractivity contribution is 5.78. The summed E-state index contributed by atoms with van der Waals surface area (Å²) in [7, 11) is 1.59. The molecular weight excluding hydrogens is 180 g/mol. The van der Waals surface area contributed by atoms with Crippen LogP contribution in [0.4, 0.5) is 0 Å². The molecule has 0 N–H and O–H groups in total. The van der Waals surface area contributed by atoms with Crippen LogP contribution in [0.1, 0.15) is 13.8 Å². The van der Waals surface area contributed by atoms with E-state index in [1.54, 1.807) is 13.2 Å². The second-order valence-corrected chi connectivity index (χ2v) is 3.64. The molecule has 0 saturated heterocycles. The summed E-state index contributed by atoms with van der Waals surface area (Å²) < 4.78 is 10.4. The molecule has 14 heavy (non-hydrogen) atoms. The van der Waals surface area contributed by atoms with Crippen molar-refractivity contribution in [2.75, 3.05) is 13.9 Å². The Morgan fingerprint density at radius 1 is 1.64 bits per heavy atom. The van der Waals surface area contributed by atoms with E-state index < -0.39 is 0 Å². The Kier molecular flexibility index (Phi) is 3.61. The van der Waals surface area contributed by atoms with Gasteiger partial charge in [-0.3, -0.25) is 4.79 Å². The molecular formula is C11H16O3. The van der Waals surface area contributed by atoms with E-state index in [4.69, 9.17) is 9.47 Å². The van der Waals surface area contributed by atoms with Gasteiger partial charge < -0.3 is 9.47 Å². The summed E-state index contributed by atoms with van der Waals surface area (Å²) in [5.74, 6) is 0.169. The number of allylic oxidation sites excluding steroid dienone is 2. The van der Waals surface area contributed by atoms with Crippen molar-refractivity contribution in [2.45, 2.75) is 19.4 Å². The zero-order chi connectivity index (χ0) is 10.6. The Morgan fingerprint density at radius 2 is 2.36 bits per heavy atom. The van der Waals surface area contributed by atoms with Crippen molar-refractivity contribution in [3.8, 4) is 0 Å². The van der Waals surface area contributed by atoms with Gasteiger partial charge in [0.15, 0.2) is 0 Å². The van der Waals surface area contributed by atoms with Gasteiger partial charge in [0.05, 0.1) is 5.60 Å². The molecule has 0 bridgehead atoms. The van der Waals surface area contributed by atoms with Crippen LogP contribution in [0.3, 0.4) is 0 Å². The van der Waals surface area contributed by atoms with Crippen LogP contribution in [0.5, 0.6) is 0 Å². The second kappa shape index (κ2) is 4.53. The number of methoxy groups -OCH3 is 1. The van der Waals surface area contributed by atoms with E-state index in [0.29, 0.717) is 5.57 Å². The van der Waals surface area contributed by atoms with Crippen molar-refractivity contribution in [3.63, 3.8) is 0 Å². The maximum absolute atomic E-state index is 10.5. The van der Waals surface area contributed by atoms with Crippen LogP contribution in [0.2, 0.25) is 0 Å². The molecule has 1 aliphatic carbocycles. The maximum atomic E-state index is 10.5. The van der Waals surface area contributed by atoms with E-state index in [0.717, 1.165) is 6.29 Å². The zero-order valence-electron chi connectivity index (χ0n) is 8.82. The topological polar surface area (TPSA) is 35.5 Å². The lowest BCUT2D eigenvalue weighted by Gasteiger charge is -2.33. The minimum absolute atomic E-state index is 0.169. The van der Waals surface area contributed by atoms with Crippen LogP contribution in [0.15, 0.2) is 23.8 Å². The average molecular weight is 196 g/mol. The largest absolute Gasteiger partial charge is 0.359 e.